The third-order valence-corrected chi connectivity index (χ3v) is 4.17. The van der Waals surface area contributed by atoms with Crippen molar-refractivity contribution >= 4 is 5.65 Å². The first kappa shape index (κ1) is 9.17. The highest BCUT2D eigenvalue weighted by Gasteiger charge is 2.47. The van der Waals surface area contributed by atoms with Crippen LogP contribution in [0.15, 0.2) is 18.3 Å². The highest BCUT2D eigenvalue weighted by atomic mass is 15.2. The molecule has 0 saturated heterocycles. The molecule has 0 bridgehead atoms. The maximum atomic E-state index is 8.85. The van der Waals surface area contributed by atoms with Crippen LogP contribution in [0, 0.1) is 23.2 Å². The van der Waals surface area contributed by atoms with Crippen molar-refractivity contribution in [1.82, 2.24) is 14.6 Å². The number of pyridine rings is 1. The Hall–Kier alpha value is -1.89. The maximum absolute atomic E-state index is 8.85. The van der Waals surface area contributed by atoms with Crippen LogP contribution in [-0.2, 0) is 0 Å². The van der Waals surface area contributed by atoms with Gasteiger partial charge in [0, 0.05) is 18.2 Å². The molecule has 2 saturated carbocycles. The van der Waals surface area contributed by atoms with Gasteiger partial charge in [-0.1, -0.05) is 0 Å². The normalized spacial score (nSPS) is 30.2. The Morgan fingerprint density at radius 2 is 2.06 bits per heavy atom. The third kappa shape index (κ3) is 1.29. The first-order chi connectivity index (χ1) is 8.35. The van der Waals surface area contributed by atoms with Gasteiger partial charge in [-0.15, -0.1) is 10.2 Å². The van der Waals surface area contributed by atoms with Crippen LogP contribution in [0.4, 0.5) is 0 Å². The Morgan fingerprint density at radius 3 is 2.82 bits per heavy atom. The molecular formula is C13H12N4. The molecule has 17 heavy (non-hydrogen) atoms. The molecule has 2 aliphatic carbocycles. The molecule has 2 fully saturated rings. The molecular weight excluding hydrogens is 212 g/mol. The second kappa shape index (κ2) is 3.07. The van der Waals surface area contributed by atoms with Crippen molar-refractivity contribution in [3.63, 3.8) is 0 Å². The zero-order chi connectivity index (χ0) is 11.4. The second-order valence-electron chi connectivity index (χ2n) is 5.24. The van der Waals surface area contributed by atoms with Crippen molar-refractivity contribution in [2.24, 2.45) is 11.8 Å². The van der Waals surface area contributed by atoms with E-state index in [1.54, 1.807) is 6.07 Å². The predicted octanol–water partition coefficient (Wildman–Crippen LogP) is 2.11. The molecule has 2 heterocycles. The van der Waals surface area contributed by atoms with Gasteiger partial charge in [0.25, 0.3) is 0 Å². The van der Waals surface area contributed by atoms with E-state index in [0.717, 1.165) is 23.3 Å². The molecule has 0 aromatic carbocycles. The zero-order valence-electron chi connectivity index (χ0n) is 9.37. The Bertz CT molecular complexity index is 626. The van der Waals surface area contributed by atoms with Crippen molar-refractivity contribution < 1.29 is 0 Å². The molecule has 2 aromatic rings. The third-order valence-electron chi connectivity index (χ3n) is 4.17. The van der Waals surface area contributed by atoms with E-state index in [4.69, 9.17) is 5.26 Å². The van der Waals surface area contributed by atoms with E-state index in [1.165, 1.54) is 19.3 Å². The SMILES string of the molecule is N#Cc1ccn2c(C3CC4CC4C3)nnc2c1. The fourth-order valence-electron chi connectivity index (χ4n) is 3.18. The molecule has 0 N–H and O–H groups in total. The molecule has 84 valence electrons. The molecule has 0 amide bonds. The Balaban J connectivity index is 1.78. The van der Waals surface area contributed by atoms with Gasteiger partial charge < -0.3 is 0 Å². The topological polar surface area (TPSA) is 54.0 Å². The molecule has 2 aliphatic rings. The molecule has 4 heteroatoms. The standard InChI is InChI=1S/C13H12N4/c14-7-8-1-2-17-12(3-8)15-16-13(17)11-5-9-4-10(9)6-11/h1-3,9-11H,4-6H2. The van der Waals surface area contributed by atoms with Gasteiger partial charge in [-0.25, -0.2) is 0 Å². The average molecular weight is 224 g/mol. The van der Waals surface area contributed by atoms with Gasteiger partial charge in [-0.3, -0.25) is 4.40 Å². The molecule has 2 unspecified atom stereocenters. The minimum atomic E-state index is 0.571. The summed E-state index contributed by atoms with van der Waals surface area (Å²) in [5.74, 6) is 3.55. The monoisotopic (exact) mass is 224 g/mol. The van der Waals surface area contributed by atoms with E-state index in [0.29, 0.717) is 11.5 Å². The van der Waals surface area contributed by atoms with Crippen molar-refractivity contribution in [2.45, 2.75) is 25.2 Å². The Kier molecular flexibility index (Phi) is 1.66. The summed E-state index contributed by atoms with van der Waals surface area (Å²) in [6, 6.07) is 5.76. The van der Waals surface area contributed by atoms with Gasteiger partial charge in [0.1, 0.15) is 5.82 Å². The number of aromatic nitrogens is 3. The second-order valence-corrected chi connectivity index (χ2v) is 5.24. The molecule has 2 aromatic heterocycles. The largest absolute Gasteiger partial charge is 0.286 e. The molecule has 4 rings (SSSR count). The van der Waals surface area contributed by atoms with E-state index >= 15 is 0 Å². The number of rotatable bonds is 1. The van der Waals surface area contributed by atoms with E-state index in [9.17, 15) is 0 Å². The van der Waals surface area contributed by atoms with Crippen molar-refractivity contribution in [2.75, 3.05) is 0 Å². The average Bonchev–Trinajstić information content (AvgIpc) is 2.81. The smallest absolute Gasteiger partial charge is 0.162 e. The highest BCUT2D eigenvalue weighted by molar-refractivity contribution is 5.45. The quantitative estimate of drug-likeness (QED) is 0.745. The lowest BCUT2D eigenvalue weighted by Crippen LogP contribution is -2.02. The number of fused-ring (bicyclic) bond motifs is 2. The van der Waals surface area contributed by atoms with Gasteiger partial charge in [0.15, 0.2) is 5.65 Å². The Morgan fingerprint density at radius 1 is 1.24 bits per heavy atom. The molecule has 0 radical (unpaired) electrons. The Labute approximate surface area is 98.9 Å². The summed E-state index contributed by atoms with van der Waals surface area (Å²) in [6.45, 7) is 0. The number of nitrogens with zero attached hydrogens (tertiary/aromatic N) is 4. The van der Waals surface area contributed by atoms with E-state index in [1.807, 2.05) is 16.7 Å². The summed E-state index contributed by atoms with van der Waals surface area (Å²) in [5.41, 5.74) is 1.44. The number of hydrogen-bond donors (Lipinski definition) is 0. The van der Waals surface area contributed by atoms with Crippen LogP contribution in [0.2, 0.25) is 0 Å². The van der Waals surface area contributed by atoms with E-state index < -0.39 is 0 Å². The molecule has 2 atom stereocenters. The van der Waals surface area contributed by atoms with Gasteiger partial charge in [0.2, 0.25) is 0 Å². The first-order valence-corrected chi connectivity index (χ1v) is 6.10. The fourth-order valence-corrected chi connectivity index (χ4v) is 3.18. The van der Waals surface area contributed by atoms with Crippen LogP contribution in [0.5, 0.6) is 0 Å². The summed E-state index contributed by atoms with van der Waals surface area (Å²) in [5, 5.41) is 17.3. The summed E-state index contributed by atoms with van der Waals surface area (Å²) in [7, 11) is 0. The lowest BCUT2D eigenvalue weighted by Gasteiger charge is -2.09. The minimum absolute atomic E-state index is 0.571. The number of nitriles is 1. The summed E-state index contributed by atoms with van der Waals surface area (Å²) < 4.78 is 2.04. The highest BCUT2D eigenvalue weighted by Crippen LogP contribution is 2.57. The first-order valence-electron chi connectivity index (χ1n) is 6.10. The van der Waals surface area contributed by atoms with Gasteiger partial charge >= 0.3 is 0 Å². The van der Waals surface area contributed by atoms with Crippen LogP contribution in [-0.4, -0.2) is 14.6 Å². The van der Waals surface area contributed by atoms with Gasteiger partial charge in [-0.05, 0) is 37.2 Å². The zero-order valence-corrected chi connectivity index (χ0v) is 9.37. The van der Waals surface area contributed by atoms with Gasteiger partial charge in [0.05, 0.1) is 11.6 Å². The molecule has 0 spiro atoms. The van der Waals surface area contributed by atoms with Crippen LogP contribution in [0.25, 0.3) is 5.65 Å². The lowest BCUT2D eigenvalue weighted by atomic mass is 10.0. The predicted molar refractivity (Wildman–Crippen MR) is 61.3 cm³/mol. The molecule has 0 aliphatic heterocycles. The van der Waals surface area contributed by atoms with Crippen molar-refractivity contribution in [1.29, 1.82) is 5.26 Å². The fraction of sp³-hybridized carbons (Fsp3) is 0.462. The minimum Gasteiger partial charge on any atom is -0.286 e. The van der Waals surface area contributed by atoms with Crippen LogP contribution in [0.1, 0.15) is 36.6 Å². The lowest BCUT2D eigenvalue weighted by molar-refractivity contribution is 0.584. The van der Waals surface area contributed by atoms with Gasteiger partial charge in [-0.2, -0.15) is 5.26 Å². The van der Waals surface area contributed by atoms with E-state index in [2.05, 4.69) is 16.3 Å². The van der Waals surface area contributed by atoms with Crippen LogP contribution >= 0.6 is 0 Å². The van der Waals surface area contributed by atoms with Crippen molar-refractivity contribution in [3.05, 3.63) is 29.7 Å². The summed E-state index contributed by atoms with van der Waals surface area (Å²) in [4.78, 5) is 0. The van der Waals surface area contributed by atoms with Crippen LogP contribution < -0.4 is 0 Å². The molecule has 4 nitrogen and oxygen atoms in total. The maximum Gasteiger partial charge on any atom is 0.162 e. The van der Waals surface area contributed by atoms with Crippen molar-refractivity contribution in [3.8, 4) is 6.07 Å². The summed E-state index contributed by atoms with van der Waals surface area (Å²) in [6.07, 6.45) is 5.88. The number of hydrogen-bond acceptors (Lipinski definition) is 3. The van der Waals surface area contributed by atoms with E-state index in [-0.39, 0.29) is 0 Å². The summed E-state index contributed by atoms with van der Waals surface area (Å²) >= 11 is 0. The van der Waals surface area contributed by atoms with Crippen LogP contribution in [0.3, 0.4) is 0 Å².